The molecule has 1 aromatic heterocycles. The lowest BCUT2D eigenvalue weighted by atomic mass is 9.87. The van der Waals surface area contributed by atoms with Crippen LogP contribution in [-0.2, 0) is 17.8 Å². The van der Waals surface area contributed by atoms with E-state index >= 15 is 0 Å². The van der Waals surface area contributed by atoms with Crippen LogP contribution in [0.5, 0.6) is 0 Å². The van der Waals surface area contributed by atoms with Gasteiger partial charge in [0.25, 0.3) is 0 Å². The Morgan fingerprint density at radius 3 is 2.77 bits per heavy atom. The standard InChI is InChI=1S/C20H21N5O/c1-24(18-13-7-11-15-8-5-6-12-17(15)18)19(26)14-25-22-20(21-23-25)16-9-3-2-4-10-16/h2-6,8-10,12,18H,7,11,13-14H2,1H3/t18-/m0/s1. The maximum absolute atomic E-state index is 12.8. The van der Waals surface area contributed by atoms with E-state index in [-0.39, 0.29) is 18.5 Å². The molecule has 6 nitrogen and oxygen atoms in total. The number of fused-ring (bicyclic) bond motifs is 1. The topological polar surface area (TPSA) is 63.9 Å². The molecule has 0 spiro atoms. The van der Waals surface area contributed by atoms with E-state index < -0.39 is 0 Å². The monoisotopic (exact) mass is 347 g/mol. The van der Waals surface area contributed by atoms with Gasteiger partial charge in [-0.2, -0.15) is 4.80 Å². The molecule has 3 aromatic rings. The molecular formula is C20H21N5O. The SMILES string of the molecule is CN(C(=O)Cn1nnc(-c2ccccc2)n1)[C@H]1CCCc2ccccc21. The number of rotatable bonds is 4. The average molecular weight is 347 g/mol. The number of amides is 1. The molecule has 1 heterocycles. The highest BCUT2D eigenvalue weighted by Gasteiger charge is 2.26. The summed E-state index contributed by atoms with van der Waals surface area (Å²) >= 11 is 0. The average Bonchev–Trinajstić information content (AvgIpc) is 3.16. The summed E-state index contributed by atoms with van der Waals surface area (Å²) in [6.07, 6.45) is 3.16. The first-order valence-corrected chi connectivity index (χ1v) is 8.89. The summed E-state index contributed by atoms with van der Waals surface area (Å²) in [4.78, 5) is 16.0. The van der Waals surface area contributed by atoms with E-state index in [4.69, 9.17) is 0 Å². The Balaban J connectivity index is 1.48. The van der Waals surface area contributed by atoms with Gasteiger partial charge in [0, 0.05) is 12.6 Å². The molecule has 132 valence electrons. The molecule has 0 aliphatic heterocycles. The van der Waals surface area contributed by atoms with Crippen molar-refractivity contribution in [1.82, 2.24) is 25.1 Å². The maximum atomic E-state index is 12.8. The smallest absolute Gasteiger partial charge is 0.246 e. The number of likely N-dealkylation sites (N-methyl/N-ethyl adjacent to an activating group) is 1. The highest BCUT2D eigenvalue weighted by Crippen LogP contribution is 2.33. The van der Waals surface area contributed by atoms with Gasteiger partial charge in [0.1, 0.15) is 6.54 Å². The first kappa shape index (κ1) is 16.4. The van der Waals surface area contributed by atoms with Gasteiger partial charge >= 0.3 is 0 Å². The summed E-state index contributed by atoms with van der Waals surface area (Å²) in [5.41, 5.74) is 3.49. The Kier molecular flexibility index (Phi) is 4.48. The first-order valence-electron chi connectivity index (χ1n) is 8.89. The van der Waals surface area contributed by atoms with Crippen molar-refractivity contribution in [3.05, 3.63) is 65.7 Å². The van der Waals surface area contributed by atoms with E-state index in [1.807, 2.05) is 48.3 Å². The van der Waals surface area contributed by atoms with Crippen LogP contribution in [0.1, 0.15) is 30.0 Å². The van der Waals surface area contributed by atoms with Gasteiger partial charge in [-0.25, -0.2) is 0 Å². The zero-order chi connectivity index (χ0) is 17.9. The van der Waals surface area contributed by atoms with Crippen molar-refractivity contribution in [2.75, 3.05) is 7.05 Å². The second-order valence-electron chi connectivity index (χ2n) is 6.62. The Bertz CT molecular complexity index is 905. The van der Waals surface area contributed by atoms with Crippen molar-refractivity contribution in [3.8, 4) is 11.4 Å². The van der Waals surface area contributed by atoms with Crippen molar-refractivity contribution in [2.45, 2.75) is 31.8 Å². The fraction of sp³-hybridized carbons (Fsp3) is 0.300. The second kappa shape index (κ2) is 7.07. The number of hydrogen-bond donors (Lipinski definition) is 0. The molecule has 6 heteroatoms. The van der Waals surface area contributed by atoms with Crippen LogP contribution in [0.3, 0.4) is 0 Å². The van der Waals surface area contributed by atoms with E-state index in [2.05, 4.69) is 33.6 Å². The number of benzene rings is 2. The predicted octanol–water partition coefficient (Wildman–Crippen LogP) is 2.88. The highest BCUT2D eigenvalue weighted by atomic mass is 16.2. The molecule has 0 unspecified atom stereocenters. The lowest BCUT2D eigenvalue weighted by Gasteiger charge is -2.33. The number of aryl methyl sites for hydroxylation is 1. The van der Waals surface area contributed by atoms with E-state index in [0.29, 0.717) is 5.82 Å². The van der Waals surface area contributed by atoms with E-state index in [9.17, 15) is 4.79 Å². The van der Waals surface area contributed by atoms with Crippen molar-refractivity contribution in [3.63, 3.8) is 0 Å². The zero-order valence-corrected chi connectivity index (χ0v) is 14.7. The molecule has 4 rings (SSSR count). The van der Waals surface area contributed by atoms with Gasteiger partial charge < -0.3 is 4.90 Å². The minimum absolute atomic E-state index is 0.0104. The van der Waals surface area contributed by atoms with Crippen LogP contribution in [0.2, 0.25) is 0 Å². The molecule has 0 N–H and O–H groups in total. The summed E-state index contributed by atoms with van der Waals surface area (Å²) in [7, 11) is 1.87. The largest absolute Gasteiger partial charge is 0.337 e. The van der Waals surface area contributed by atoms with Crippen molar-refractivity contribution in [2.24, 2.45) is 0 Å². The van der Waals surface area contributed by atoms with Gasteiger partial charge in [0.2, 0.25) is 11.7 Å². The summed E-state index contributed by atoms with van der Waals surface area (Å²) in [6, 6.07) is 18.1. The summed E-state index contributed by atoms with van der Waals surface area (Å²) in [6.45, 7) is 0.0923. The number of hydrogen-bond acceptors (Lipinski definition) is 4. The zero-order valence-electron chi connectivity index (χ0n) is 14.7. The molecule has 0 fully saturated rings. The van der Waals surface area contributed by atoms with Gasteiger partial charge in [-0.3, -0.25) is 4.79 Å². The predicted molar refractivity (Wildman–Crippen MR) is 98.1 cm³/mol. The lowest BCUT2D eigenvalue weighted by molar-refractivity contribution is -0.133. The quantitative estimate of drug-likeness (QED) is 0.728. The Morgan fingerprint density at radius 1 is 1.15 bits per heavy atom. The number of tetrazole rings is 1. The fourth-order valence-electron chi connectivity index (χ4n) is 3.55. The van der Waals surface area contributed by atoms with Crippen LogP contribution in [-0.4, -0.2) is 38.1 Å². The van der Waals surface area contributed by atoms with Crippen LogP contribution < -0.4 is 0 Å². The van der Waals surface area contributed by atoms with Crippen molar-refractivity contribution in [1.29, 1.82) is 0 Å². The number of nitrogens with zero attached hydrogens (tertiary/aromatic N) is 5. The Morgan fingerprint density at radius 2 is 1.92 bits per heavy atom. The molecule has 1 aliphatic rings. The minimum atomic E-state index is -0.0104. The Hall–Kier alpha value is -3.02. The number of carbonyl (C=O) groups is 1. The van der Waals surface area contributed by atoms with E-state index in [1.165, 1.54) is 15.9 Å². The summed E-state index contributed by atoms with van der Waals surface area (Å²) in [5, 5.41) is 12.4. The first-order chi connectivity index (χ1) is 12.7. The van der Waals surface area contributed by atoms with Gasteiger partial charge in [0.15, 0.2) is 0 Å². The van der Waals surface area contributed by atoms with E-state index in [1.54, 1.807) is 0 Å². The van der Waals surface area contributed by atoms with E-state index in [0.717, 1.165) is 24.8 Å². The van der Waals surface area contributed by atoms with Crippen LogP contribution in [0.15, 0.2) is 54.6 Å². The van der Waals surface area contributed by atoms with Crippen LogP contribution >= 0.6 is 0 Å². The third kappa shape index (κ3) is 3.22. The van der Waals surface area contributed by atoms with Crippen LogP contribution in [0.4, 0.5) is 0 Å². The van der Waals surface area contributed by atoms with Gasteiger partial charge in [-0.05, 0) is 35.6 Å². The molecule has 0 saturated carbocycles. The summed E-state index contributed by atoms with van der Waals surface area (Å²) in [5.74, 6) is 0.521. The maximum Gasteiger partial charge on any atom is 0.246 e. The molecule has 1 atom stereocenters. The van der Waals surface area contributed by atoms with Gasteiger partial charge in [-0.15, -0.1) is 10.2 Å². The van der Waals surface area contributed by atoms with Gasteiger partial charge in [-0.1, -0.05) is 54.6 Å². The molecule has 0 radical (unpaired) electrons. The molecule has 0 saturated heterocycles. The normalized spacial score (nSPS) is 16.1. The van der Waals surface area contributed by atoms with Crippen LogP contribution in [0.25, 0.3) is 11.4 Å². The lowest BCUT2D eigenvalue weighted by Crippen LogP contribution is -2.36. The third-order valence-electron chi connectivity index (χ3n) is 4.96. The molecule has 0 bridgehead atoms. The van der Waals surface area contributed by atoms with Gasteiger partial charge in [0.05, 0.1) is 6.04 Å². The number of carbonyl (C=O) groups excluding carboxylic acids is 1. The Labute approximate surface area is 152 Å². The molecule has 1 aliphatic carbocycles. The molecular weight excluding hydrogens is 326 g/mol. The third-order valence-corrected chi connectivity index (χ3v) is 4.96. The molecule has 1 amide bonds. The number of aromatic nitrogens is 4. The minimum Gasteiger partial charge on any atom is -0.337 e. The highest BCUT2D eigenvalue weighted by molar-refractivity contribution is 5.76. The summed E-state index contributed by atoms with van der Waals surface area (Å²) < 4.78 is 0. The van der Waals surface area contributed by atoms with Crippen molar-refractivity contribution >= 4 is 5.91 Å². The second-order valence-corrected chi connectivity index (χ2v) is 6.62. The molecule has 2 aromatic carbocycles. The van der Waals surface area contributed by atoms with Crippen LogP contribution in [0, 0.1) is 0 Å². The fourth-order valence-corrected chi connectivity index (χ4v) is 3.55. The van der Waals surface area contributed by atoms with Crippen molar-refractivity contribution < 1.29 is 4.79 Å². The molecule has 26 heavy (non-hydrogen) atoms.